The topological polar surface area (TPSA) is 81.4 Å². The number of hydrogen-bond donors (Lipinski definition) is 1. The van der Waals surface area contributed by atoms with Crippen LogP contribution in [0, 0.1) is 6.92 Å². The van der Waals surface area contributed by atoms with E-state index in [0.717, 1.165) is 0 Å². The lowest BCUT2D eigenvalue weighted by molar-refractivity contribution is -0.115. The second kappa shape index (κ2) is 6.24. The molecule has 0 saturated carbocycles. The number of aromatic nitrogens is 1. The molecule has 17 heavy (non-hydrogen) atoms. The van der Waals surface area contributed by atoms with Crippen molar-refractivity contribution in [3.05, 3.63) is 11.3 Å². The van der Waals surface area contributed by atoms with Gasteiger partial charge in [-0.1, -0.05) is 5.16 Å². The highest BCUT2D eigenvalue weighted by Gasteiger charge is 2.22. The molecule has 1 aromatic heterocycles. The first-order valence-corrected chi connectivity index (χ1v) is 5.62. The van der Waals surface area contributed by atoms with Crippen LogP contribution in [0.1, 0.15) is 29.4 Å². The smallest absolute Gasteiger partial charge is 0.345 e. The van der Waals surface area contributed by atoms with Gasteiger partial charge in [0.1, 0.15) is 5.56 Å². The van der Waals surface area contributed by atoms with E-state index in [1.54, 1.807) is 13.8 Å². The zero-order valence-electron chi connectivity index (χ0n) is 9.58. The van der Waals surface area contributed by atoms with Crippen molar-refractivity contribution in [2.45, 2.75) is 20.3 Å². The van der Waals surface area contributed by atoms with Crippen LogP contribution in [0.4, 0.5) is 5.88 Å². The molecule has 1 aromatic rings. The first-order chi connectivity index (χ1) is 8.10. The molecule has 1 rings (SSSR count). The molecular formula is C10H13ClN2O4. The Bertz CT molecular complexity index is 416. The zero-order chi connectivity index (χ0) is 12.8. The van der Waals surface area contributed by atoms with Gasteiger partial charge in [-0.25, -0.2) is 4.79 Å². The van der Waals surface area contributed by atoms with Crippen LogP contribution in [0.3, 0.4) is 0 Å². The molecule has 0 bridgehead atoms. The summed E-state index contributed by atoms with van der Waals surface area (Å²) in [6, 6.07) is 0. The number of ether oxygens (including phenoxy) is 1. The standard InChI is InChI=1S/C10H13ClN2O4/c1-3-16-10(15)8-6(2)13-17-9(8)12-7(14)4-5-11/h3-5H2,1-2H3,(H,12,14). The number of rotatable bonds is 5. The van der Waals surface area contributed by atoms with Gasteiger partial charge in [-0.2, -0.15) is 0 Å². The number of carbonyl (C=O) groups is 2. The minimum absolute atomic E-state index is 0.00364. The maximum atomic E-state index is 11.6. The summed E-state index contributed by atoms with van der Waals surface area (Å²) in [7, 11) is 0. The lowest BCUT2D eigenvalue weighted by Crippen LogP contribution is -2.15. The average Bonchev–Trinajstić information content (AvgIpc) is 2.60. The second-order valence-corrected chi connectivity index (χ2v) is 3.56. The number of halogens is 1. The Kier molecular flexibility index (Phi) is 4.96. The molecule has 0 aliphatic heterocycles. The summed E-state index contributed by atoms with van der Waals surface area (Å²) in [6.45, 7) is 3.51. The molecular weight excluding hydrogens is 248 g/mol. The number of anilines is 1. The van der Waals surface area contributed by atoms with Crippen LogP contribution >= 0.6 is 11.6 Å². The van der Waals surface area contributed by atoms with Crippen molar-refractivity contribution in [1.29, 1.82) is 0 Å². The summed E-state index contributed by atoms with van der Waals surface area (Å²) in [6.07, 6.45) is 0.129. The van der Waals surface area contributed by atoms with Gasteiger partial charge in [0.2, 0.25) is 11.8 Å². The van der Waals surface area contributed by atoms with Crippen molar-refractivity contribution in [2.75, 3.05) is 17.8 Å². The zero-order valence-corrected chi connectivity index (χ0v) is 10.3. The highest BCUT2D eigenvalue weighted by molar-refractivity contribution is 6.19. The number of nitrogens with one attached hydrogen (secondary N) is 1. The van der Waals surface area contributed by atoms with E-state index in [2.05, 4.69) is 10.5 Å². The van der Waals surface area contributed by atoms with Gasteiger partial charge < -0.3 is 9.26 Å². The third kappa shape index (κ3) is 3.45. The molecule has 6 nitrogen and oxygen atoms in total. The predicted octanol–water partition coefficient (Wildman–Crippen LogP) is 1.73. The van der Waals surface area contributed by atoms with E-state index in [1.165, 1.54) is 0 Å². The minimum atomic E-state index is -0.576. The fourth-order valence-electron chi connectivity index (χ4n) is 1.17. The molecule has 94 valence electrons. The lowest BCUT2D eigenvalue weighted by Gasteiger charge is -2.03. The fraction of sp³-hybridized carbons (Fsp3) is 0.500. The number of aryl methyl sites for hydroxylation is 1. The van der Waals surface area contributed by atoms with E-state index in [9.17, 15) is 9.59 Å². The van der Waals surface area contributed by atoms with E-state index in [4.69, 9.17) is 20.9 Å². The van der Waals surface area contributed by atoms with Gasteiger partial charge >= 0.3 is 5.97 Å². The quantitative estimate of drug-likeness (QED) is 0.644. The van der Waals surface area contributed by atoms with Crippen molar-refractivity contribution in [3.8, 4) is 0 Å². The van der Waals surface area contributed by atoms with E-state index in [1.807, 2.05) is 0 Å². The predicted molar refractivity (Wildman–Crippen MR) is 61.2 cm³/mol. The van der Waals surface area contributed by atoms with Crippen LogP contribution < -0.4 is 5.32 Å². The van der Waals surface area contributed by atoms with Gasteiger partial charge in [-0.05, 0) is 13.8 Å². The fourth-order valence-corrected chi connectivity index (χ4v) is 1.35. The van der Waals surface area contributed by atoms with Crippen molar-refractivity contribution in [2.24, 2.45) is 0 Å². The third-order valence-electron chi connectivity index (χ3n) is 1.92. The summed E-state index contributed by atoms with van der Waals surface area (Å²) >= 11 is 5.42. The normalized spacial score (nSPS) is 10.1. The van der Waals surface area contributed by atoms with Crippen molar-refractivity contribution < 1.29 is 18.8 Å². The maximum Gasteiger partial charge on any atom is 0.345 e. The van der Waals surface area contributed by atoms with Crippen molar-refractivity contribution in [1.82, 2.24) is 5.16 Å². The summed E-state index contributed by atoms with van der Waals surface area (Å²) in [5.74, 6) is -0.738. The largest absolute Gasteiger partial charge is 0.462 e. The second-order valence-electron chi connectivity index (χ2n) is 3.18. The highest BCUT2D eigenvalue weighted by atomic mass is 35.5. The van der Waals surface area contributed by atoms with Gasteiger partial charge in [0.25, 0.3) is 0 Å². The van der Waals surface area contributed by atoms with Crippen LogP contribution in [0.25, 0.3) is 0 Å². The molecule has 0 aromatic carbocycles. The molecule has 0 saturated heterocycles. The van der Waals surface area contributed by atoms with Crippen molar-refractivity contribution >= 4 is 29.4 Å². The molecule has 0 aliphatic rings. The molecule has 1 amide bonds. The number of hydrogen-bond acceptors (Lipinski definition) is 5. The van der Waals surface area contributed by atoms with Gasteiger partial charge in [-0.3, -0.25) is 10.1 Å². The molecule has 0 unspecified atom stereocenters. The summed E-state index contributed by atoms with van der Waals surface area (Å²) in [4.78, 5) is 22.9. The monoisotopic (exact) mass is 260 g/mol. The van der Waals surface area contributed by atoms with Gasteiger partial charge in [0.15, 0.2) is 0 Å². The van der Waals surface area contributed by atoms with E-state index >= 15 is 0 Å². The Balaban J connectivity index is 2.86. The van der Waals surface area contributed by atoms with E-state index in [-0.39, 0.29) is 36.3 Å². The molecule has 0 fully saturated rings. The van der Waals surface area contributed by atoms with Gasteiger partial charge in [0, 0.05) is 12.3 Å². The van der Waals surface area contributed by atoms with Crippen LogP contribution in [0.2, 0.25) is 0 Å². The molecule has 1 heterocycles. The Morgan fingerprint density at radius 3 is 2.82 bits per heavy atom. The third-order valence-corrected chi connectivity index (χ3v) is 2.11. The average molecular weight is 261 g/mol. The number of nitrogens with zero attached hydrogens (tertiary/aromatic N) is 1. The summed E-state index contributed by atoms with van der Waals surface area (Å²) < 4.78 is 9.69. The van der Waals surface area contributed by atoms with E-state index in [0.29, 0.717) is 5.69 Å². The van der Waals surface area contributed by atoms with Crippen LogP contribution in [0.15, 0.2) is 4.52 Å². The first kappa shape index (κ1) is 13.5. The summed E-state index contributed by atoms with van der Waals surface area (Å²) in [5.41, 5.74) is 0.499. The van der Waals surface area contributed by atoms with Gasteiger partial charge in [0.05, 0.1) is 12.3 Å². The number of carbonyl (C=O) groups excluding carboxylic acids is 2. The Morgan fingerprint density at radius 1 is 1.53 bits per heavy atom. The number of esters is 1. The maximum absolute atomic E-state index is 11.6. The van der Waals surface area contributed by atoms with Crippen LogP contribution in [-0.4, -0.2) is 29.5 Å². The molecule has 1 N–H and O–H groups in total. The molecule has 0 spiro atoms. The molecule has 0 radical (unpaired) electrons. The van der Waals surface area contributed by atoms with Crippen LogP contribution in [0.5, 0.6) is 0 Å². The lowest BCUT2D eigenvalue weighted by atomic mass is 10.2. The summed E-state index contributed by atoms with van der Waals surface area (Å²) in [5, 5.41) is 6.03. The van der Waals surface area contributed by atoms with Crippen LogP contribution in [-0.2, 0) is 9.53 Å². The Morgan fingerprint density at radius 2 is 2.24 bits per heavy atom. The van der Waals surface area contributed by atoms with Gasteiger partial charge in [-0.15, -0.1) is 11.6 Å². The molecule has 7 heteroatoms. The SMILES string of the molecule is CCOC(=O)c1c(C)noc1NC(=O)CCCl. The Hall–Kier alpha value is -1.56. The minimum Gasteiger partial charge on any atom is -0.462 e. The van der Waals surface area contributed by atoms with E-state index < -0.39 is 5.97 Å². The number of amides is 1. The first-order valence-electron chi connectivity index (χ1n) is 5.09. The Labute approximate surface area is 103 Å². The molecule has 0 aliphatic carbocycles. The number of alkyl halides is 1. The highest BCUT2D eigenvalue weighted by Crippen LogP contribution is 2.20. The van der Waals surface area contributed by atoms with Crippen molar-refractivity contribution in [3.63, 3.8) is 0 Å². The molecule has 0 atom stereocenters.